The average Bonchev–Trinajstić information content (AvgIpc) is 3.25. The summed E-state index contributed by atoms with van der Waals surface area (Å²) in [5.41, 5.74) is 4.12. The number of hydrogen-bond acceptors (Lipinski definition) is 4. The first-order chi connectivity index (χ1) is 16.8. The van der Waals surface area contributed by atoms with E-state index in [1.807, 2.05) is 38.1 Å². The average molecular weight is 477 g/mol. The zero-order chi connectivity index (χ0) is 24.7. The lowest BCUT2D eigenvalue weighted by molar-refractivity contribution is -0.143. The van der Waals surface area contributed by atoms with Gasteiger partial charge in [0.1, 0.15) is 12.6 Å². The van der Waals surface area contributed by atoms with Crippen molar-refractivity contribution in [2.75, 3.05) is 6.61 Å². The minimum atomic E-state index is -1.01. The summed E-state index contributed by atoms with van der Waals surface area (Å²) < 4.78 is 5.66. The topological polar surface area (TPSA) is 105 Å². The van der Waals surface area contributed by atoms with Gasteiger partial charge in [-0.05, 0) is 59.8 Å². The Bertz CT molecular complexity index is 1120. The molecule has 2 aromatic rings. The molecule has 4 unspecified atom stereocenters. The van der Waals surface area contributed by atoms with Gasteiger partial charge in [0.25, 0.3) is 0 Å². The second-order valence-corrected chi connectivity index (χ2v) is 10.7. The molecule has 2 saturated carbocycles. The smallest absolute Gasteiger partial charge is 0.407 e. The number of carbonyl (C=O) groups is 3. The molecular formula is C28H32N2O5. The van der Waals surface area contributed by atoms with Gasteiger partial charge in [0.2, 0.25) is 5.91 Å². The summed E-state index contributed by atoms with van der Waals surface area (Å²) in [6.45, 7) is 4.12. The highest BCUT2D eigenvalue weighted by Crippen LogP contribution is 2.63. The summed E-state index contributed by atoms with van der Waals surface area (Å²) in [7, 11) is 0. The first-order valence-electron chi connectivity index (χ1n) is 12.4. The molecular weight excluding hydrogens is 444 g/mol. The molecule has 0 heterocycles. The Morgan fingerprint density at radius 3 is 2.26 bits per heavy atom. The Hall–Kier alpha value is -3.35. The molecule has 2 amide bonds. The maximum absolute atomic E-state index is 13.0. The number of rotatable bonds is 8. The number of aliphatic carboxylic acids is 1. The van der Waals surface area contributed by atoms with Gasteiger partial charge in [0, 0.05) is 12.0 Å². The number of fused-ring (bicyclic) bond motifs is 4. The van der Waals surface area contributed by atoms with Crippen LogP contribution in [0.4, 0.5) is 4.79 Å². The molecule has 0 saturated heterocycles. The van der Waals surface area contributed by atoms with E-state index in [9.17, 15) is 19.5 Å². The van der Waals surface area contributed by atoms with Gasteiger partial charge in [0.15, 0.2) is 0 Å². The van der Waals surface area contributed by atoms with Crippen molar-refractivity contribution in [1.82, 2.24) is 10.6 Å². The molecule has 0 radical (unpaired) electrons. The van der Waals surface area contributed by atoms with Crippen LogP contribution in [0.5, 0.6) is 0 Å². The number of hydrogen-bond donors (Lipinski definition) is 3. The minimum Gasteiger partial charge on any atom is -0.480 e. The van der Waals surface area contributed by atoms with E-state index < -0.39 is 23.5 Å². The number of carbonyl (C=O) groups excluding carboxylic acids is 2. The van der Waals surface area contributed by atoms with Crippen LogP contribution in [0.3, 0.4) is 0 Å². The van der Waals surface area contributed by atoms with Crippen molar-refractivity contribution in [2.24, 2.45) is 17.3 Å². The van der Waals surface area contributed by atoms with Crippen LogP contribution in [0.1, 0.15) is 56.6 Å². The van der Waals surface area contributed by atoms with Crippen LogP contribution < -0.4 is 10.6 Å². The fourth-order valence-corrected chi connectivity index (χ4v) is 6.09. The molecule has 2 fully saturated rings. The van der Waals surface area contributed by atoms with Crippen LogP contribution in [0, 0.1) is 17.3 Å². The van der Waals surface area contributed by atoms with Crippen LogP contribution in [0.25, 0.3) is 11.1 Å². The monoisotopic (exact) mass is 476 g/mol. The van der Waals surface area contributed by atoms with Gasteiger partial charge in [-0.15, -0.1) is 0 Å². The highest BCUT2D eigenvalue weighted by molar-refractivity contribution is 5.90. The van der Waals surface area contributed by atoms with Gasteiger partial charge in [-0.3, -0.25) is 4.79 Å². The molecule has 0 aromatic heterocycles. The number of carboxylic acid groups (broad SMARTS) is 1. The molecule has 184 valence electrons. The Morgan fingerprint density at radius 2 is 1.66 bits per heavy atom. The van der Waals surface area contributed by atoms with Gasteiger partial charge in [-0.25, -0.2) is 9.59 Å². The standard InChI is InChI=1S/C28H32N2O5/c1-16(2)11-24(25(31)32)30-26(33)28-13-17(28)12-18(14-28)29-27(34)35-15-23-21-9-5-3-7-19(21)20-8-4-6-10-22(20)23/h3-10,16-18,23-24H,11-15H2,1-2H3,(H,29,34)(H,30,33)(H,31,32). The van der Waals surface area contributed by atoms with Crippen molar-refractivity contribution in [3.63, 3.8) is 0 Å². The largest absolute Gasteiger partial charge is 0.480 e. The fourth-order valence-electron chi connectivity index (χ4n) is 6.09. The van der Waals surface area contributed by atoms with Gasteiger partial charge in [-0.1, -0.05) is 62.4 Å². The van der Waals surface area contributed by atoms with Gasteiger partial charge in [0.05, 0.1) is 5.41 Å². The number of benzene rings is 2. The van der Waals surface area contributed by atoms with Crippen LogP contribution in [0.15, 0.2) is 48.5 Å². The molecule has 2 aromatic carbocycles. The van der Waals surface area contributed by atoms with Crippen molar-refractivity contribution >= 4 is 18.0 Å². The first kappa shape index (κ1) is 23.4. The lowest BCUT2D eigenvalue weighted by Crippen LogP contribution is -2.46. The molecule has 3 aliphatic rings. The fraction of sp³-hybridized carbons (Fsp3) is 0.464. The lowest BCUT2D eigenvalue weighted by Gasteiger charge is -2.22. The van der Waals surface area contributed by atoms with E-state index in [-0.39, 0.29) is 36.3 Å². The van der Waals surface area contributed by atoms with Crippen molar-refractivity contribution < 1.29 is 24.2 Å². The van der Waals surface area contributed by atoms with Crippen LogP contribution in [-0.2, 0) is 14.3 Å². The van der Waals surface area contributed by atoms with Crippen molar-refractivity contribution in [1.29, 1.82) is 0 Å². The van der Waals surface area contributed by atoms with Gasteiger partial charge in [-0.2, -0.15) is 0 Å². The highest BCUT2D eigenvalue weighted by atomic mass is 16.5. The third kappa shape index (κ3) is 4.40. The van der Waals surface area contributed by atoms with E-state index in [2.05, 4.69) is 34.9 Å². The minimum absolute atomic E-state index is 0.00356. The van der Waals surface area contributed by atoms with E-state index in [0.717, 1.165) is 17.5 Å². The molecule has 0 spiro atoms. The number of amides is 2. The van der Waals surface area contributed by atoms with Gasteiger partial charge < -0.3 is 20.5 Å². The summed E-state index contributed by atoms with van der Waals surface area (Å²) in [6, 6.07) is 15.4. The summed E-state index contributed by atoms with van der Waals surface area (Å²) in [6.07, 6.45) is 1.89. The quantitative estimate of drug-likeness (QED) is 0.527. The van der Waals surface area contributed by atoms with Crippen molar-refractivity contribution in [3.05, 3.63) is 59.7 Å². The molecule has 3 aliphatic carbocycles. The van der Waals surface area contributed by atoms with Crippen molar-refractivity contribution in [3.8, 4) is 11.1 Å². The van der Waals surface area contributed by atoms with E-state index in [1.165, 1.54) is 11.1 Å². The van der Waals surface area contributed by atoms with Crippen LogP contribution in [-0.4, -0.2) is 41.8 Å². The van der Waals surface area contributed by atoms with Crippen molar-refractivity contribution in [2.45, 2.75) is 57.5 Å². The highest BCUT2D eigenvalue weighted by Gasteiger charge is 2.65. The zero-order valence-electron chi connectivity index (χ0n) is 20.1. The number of ether oxygens (including phenoxy) is 1. The normalized spacial score (nSPS) is 24.8. The third-order valence-corrected chi connectivity index (χ3v) is 7.84. The van der Waals surface area contributed by atoms with E-state index >= 15 is 0 Å². The second kappa shape index (κ2) is 9.02. The second-order valence-electron chi connectivity index (χ2n) is 10.7. The van der Waals surface area contributed by atoms with Gasteiger partial charge >= 0.3 is 12.1 Å². The zero-order valence-corrected chi connectivity index (χ0v) is 20.1. The maximum Gasteiger partial charge on any atom is 0.407 e. The van der Waals surface area contributed by atoms with Crippen LogP contribution in [0.2, 0.25) is 0 Å². The molecule has 3 N–H and O–H groups in total. The first-order valence-corrected chi connectivity index (χ1v) is 12.4. The number of alkyl carbamates (subject to hydrolysis) is 1. The predicted octanol–water partition coefficient (Wildman–Crippen LogP) is 4.31. The Kier molecular flexibility index (Phi) is 6.03. The molecule has 4 atom stereocenters. The summed E-state index contributed by atoms with van der Waals surface area (Å²) in [5.74, 6) is -0.874. The number of carboxylic acids is 1. The molecule has 7 heteroatoms. The maximum atomic E-state index is 13.0. The Balaban J connectivity index is 1.16. The van der Waals surface area contributed by atoms with Crippen LogP contribution >= 0.6 is 0 Å². The lowest BCUT2D eigenvalue weighted by atomic mass is 9.98. The Labute approximate surface area is 205 Å². The number of nitrogens with one attached hydrogen (secondary N) is 2. The summed E-state index contributed by atoms with van der Waals surface area (Å²) in [5, 5.41) is 15.2. The van der Waals surface area contributed by atoms with E-state index in [1.54, 1.807) is 0 Å². The molecule has 35 heavy (non-hydrogen) atoms. The molecule has 0 bridgehead atoms. The van der Waals surface area contributed by atoms with E-state index in [0.29, 0.717) is 19.3 Å². The van der Waals surface area contributed by atoms with E-state index in [4.69, 9.17) is 4.74 Å². The Morgan fingerprint density at radius 1 is 1.03 bits per heavy atom. The summed E-state index contributed by atoms with van der Waals surface area (Å²) in [4.78, 5) is 37.2. The molecule has 0 aliphatic heterocycles. The third-order valence-electron chi connectivity index (χ3n) is 7.84. The molecule has 5 rings (SSSR count). The predicted molar refractivity (Wildman–Crippen MR) is 131 cm³/mol. The molecule has 7 nitrogen and oxygen atoms in total. The summed E-state index contributed by atoms with van der Waals surface area (Å²) >= 11 is 0. The SMILES string of the molecule is CC(C)CC(NC(=O)C12CC(NC(=O)OCC3c4ccccc4-c4ccccc43)CC1C2)C(=O)O.